The monoisotopic (exact) mass is 319 g/mol. The molecule has 2 aromatic heterocycles. The molecule has 7 heteroatoms. The summed E-state index contributed by atoms with van der Waals surface area (Å²) in [6.07, 6.45) is 6.92. The first kappa shape index (κ1) is 16.1. The maximum absolute atomic E-state index is 10.8. The van der Waals surface area contributed by atoms with Crippen molar-refractivity contribution in [2.24, 2.45) is 0 Å². The lowest BCUT2D eigenvalue weighted by Gasteiger charge is -2.38. The number of oxazole rings is 1. The molecule has 1 aliphatic heterocycles. The van der Waals surface area contributed by atoms with E-state index in [2.05, 4.69) is 41.0 Å². The van der Waals surface area contributed by atoms with Crippen molar-refractivity contribution < 1.29 is 9.52 Å². The molecule has 1 atom stereocenters. The average Bonchev–Trinajstić information content (AvgIpc) is 3.09. The maximum Gasteiger partial charge on any atom is 0.208 e. The van der Waals surface area contributed by atoms with Gasteiger partial charge in [0, 0.05) is 18.2 Å². The molecule has 3 rings (SSSR count). The Morgan fingerprint density at radius 1 is 1.39 bits per heavy atom. The number of β-amino-alcohol motifs (C(OH)–C–C–N with tert-alkyl or cyclic N) is 1. The summed E-state index contributed by atoms with van der Waals surface area (Å²) < 4.78 is 7.55. The highest BCUT2D eigenvalue weighted by Gasteiger charge is 2.34. The van der Waals surface area contributed by atoms with E-state index in [0.29, 0.717) is 25.5 Å². The van der Waals surface area contributed by atoms with Crippen molar-refractivity contribution in [2.45, 2.75) is 57.7 Å². The van der Waals surface area contributed by atoms with Gasteiger partial charge in [-0.25, -0.2) is 9.67 Å². The van der Waals surface area contributed by atoms with Gasteiger partial charge in [-0.2, -0.15) is 0 Å². The fraction of sp³-hybridized carbons (Fsp3) is 0.688. The van der Waals surface area contributed by atoms with Gasteiger partial charge < -0.3 is 9.52 Å². The van der Waals surface area contributed by atoms with Gasteiger partial charge >= 0.3 is 0 Å². The van der Waals surface area contributed by atoms with Crippen LogP contribution in [0.3, 0.4) is 0 Å². The number of nitrogens with zero attached hydrogens (tertiary/aromatic N) is 5. The van der Waals surface area contributed by atoms with E-state index >= 15 is 0 Å². The zero-order valence-corrected chi connectivity index (χ0v) is 14.1. The van der Waals surface area contributed by atoms with Crippen LogP contribution in [0.1, 0.15) is 45.3 Å². The molecule has 0 aromatic carbocycles. The number of aromatic nitrogens is 4. The van der Waals surface area contributed by atoms with Crippen molar-refractivity contribution in [1.29, 1.82) is 0 Å². The van der Waals surface area contributed by atoms with Crippen molar-refractivity contribution in [3.05, 3.63) is 30.2 Å². The Morgan fingerprint density at radius 2 is 2.22 bits per heavy atom. The van der Waals surface area contributed by atoms with Crippen molar-refractivity contribution in [1.82, 2.24) is 24.9 Å². The Balaban J connectivity index is 1.63. The standard InChI is InChI=1S/C16H25N5O2/c1-15(2,3)13-9-17-14(23-13)10-20-7-4-5-16(22,11-20)12-21-8-6-18-19-21/h6,8-9,22H,4-5,7,10-12H2,1-3H3. The molecule has 0 amide bonds. The van der Waals surface area contributed by atoms with E-state index < -0.39 is 5.60 Å². The van der Waals surface area contributed by atoms with Gasteiger partial charge in [0.25, 0.3) is 0 Å². The Hall–Kier alpha value is -1.73. The van der Waals surface area contributed by atoms with E-state index in [0.717, 1.165) is 25.1 Å². The zero-order valence-electron chi connectivity index (χ0n) is 14.1. The van der Waals surface area contributed by atoms with E-state index in [9.17, 15) is 5.11 Å². The van der Waals surface area contributed by atoms with Crippen LogP contribution in [-0.4, -0.2) is 48.7 Å². The SMILES string of the molecule is CC(C)(C)c1cnc(CN2CCCC(O)(Cn3ccnn3)C2)o1. The Morgan fingerprint density at radius 3 is 2.87 bits per heavy atom. The van der Waals surface area contributed by atoms with Crippen LogP contribution in [0.25, 0.3) is 0 Å². The minimum atomic E-state index is -0.786. The number of rotatable bonds is 4. The summed E-state index contributed by atoms with van der Waals surface area (Å²) in [7, 11) is 0. The molecule has 7 nitrogen and oxygen atoms in total. The van der Waals surface area contributed by atoms with Gasteiger partial charge in [-0.3, -0.25) is 4.90 Å². The number of aliphatic hydroxyl groups is 1. The van der Waals surface area contributed by atoms with Crippen molar-refractivity contribution in [3.8, 4) is 0 Å². The molecule has 0 aliphatic carbocycles. The lowest BCUT2D eigenvalue weighted by molar-refractivity contribution is -0.0496. The second-order valence-electron chi connectivity index (χ2n) is 7.51. The minimum Gasteiger partial charge on any atom is -0.444 e. The third-order valence-electron chi connectivity index (χ3n) is 4.21. The molecule has 2 aromatic rings. The zero-order chi connectivity index (χ0) is 16.5. The van der Waals surface area contributed by atoms with Gasteiger partial charge in [-0.1, -0.05) is 26.0 Å². The molecule has 1 saturated heterocycles. The molecule has 1 aliphatic rings. The molecule has 1 unspecified atom stereocenters. The molecular weight excluding hydrogens is 294 g/mol. The van der Waals surface area contributed by atoms with Gasteiger partial charge in [-0.05, 0) is 19.4 Å². The van der Waals surface area contributed by atoms with Gasteiger partial charge in [0.15, 0.2) is 0 Å². The third kappa shape index (κ3) is 3.97. The molecule has 0 bridgehead atoms. The van der Waals surface area contributed by atoms with E-state index in [1.54, 1.807) is 23.3 Å². The molecule has 0 radical (unpaired) electrons. The highest BCUT2D eigenvalue weighted by molar-refractivity contribution is 5.06. The van der Waals surface area contributed by atoms with Crippen LogP contribution in [-0.2, 0) is 18.5 Å². The first-order valence-electron chi connectivity index (χ1n) is 8.08. The quantitative estimate of drug-likeness (QED) is 0.922. The number of piperidine rings is 1. The molecule has 126 valence electrons. The van der Waals surface area contributed by atoms with Crippen LogP contribution < -0.4 is 0 Å². The number of hydrogen-bond acceptors (Lipinski definition) is 6. The molecule has 3 heterocycles. The molecular formula is C16H25N5O2. The summed E-state index contributed by atoms with van der Waals surface area (Å²) >= 11 is 0. The second kappa shape index (κ2) is 6.05. The van der Waals surface area contributed by atoms with Crippen molar-refractivity contribution >= 4 is 0 Å². The van der Waals surface area contributed by atoms with Crippen molar-refractivity contribution in [3.63, 3.8) is 0 Å². The number of likely N-dealkylation sites (tertiary alicyclic amines) is 1. The van der Waals surface area contributed by atoms with Crippen molar-refractivity contribution in [2.75, 3.05) is 13.1 Å². The summed E-state index contributed by atoms with van der Waals surface area (Å²) in [5, 5.41) is 18.6. The van der Waals surface area contributed by atoms with Gasteiger partial charge in [0.1, 0.15) is 5.76 Å². The largest absolute Gasteiger partial charge is 0.444 e. The summed E-state index contributed by atoms with van der Waals surface area (Å²) in [5.74, 6) is 1.60. The van der Waals surface area contributed by atoms with Crippen LogP contribution in [0.4, 0.5) is 0 Å². The highest BCUT2D eigenvalue weighted by Crippen LogP contribution is 2.26. The summed E-state index contributed by atoms with van der Waals surface area (Å²) in [5.41, 5.74) is -0.827. The predicted molar refractivity (Wildman–Crippen MR) is 84.7 cm³/mol. The third-order valence-corrected chi connectivity index (χ3v) is 4.21. The Kier molecular flexibility index (Phi) is 4.25. The normalized spacial score (nSPS) is 23.3. The second-order valence-corrected chi connectivity index (χ2v) is 7.51. The van der Waals surface area contributed by atoms with Crippen LogP contribution in [0, 0.1) is 0 Å². The molecule has 0 spiro atoms. The Bertz CT molecular complexity index is 631. The van der Waals surface area contributed by atoms with E-state index in [1.165, 1.54) is 0 Å². The topological polar surface area (TPSA) is 80.2 Å². The van der Waals surface area contributed by atoms with E-state index in [-0.39, 0.29) is 5.41 Å². The smallest absolute Gasteiger partial charge is 0.208 e. The molecule has 1 fully saturated rings. The average molecular weight is 319 g/mol. The van der Waals surface area contributed by atoms with E-state index in [1.807, 2.05) is 0 Å². The molecule has 1 N–H and O–H groups in total. The van der Waals surface area contributed by atoms with Crippen LogP contribution in [0.5, 0.6) is 0 Å². The predicted octanol–water partition coefficient (Wildman–Crippen LogP) is 1.59. The van der Waals surface area contributed by atoms with Gasteiger partial charge in [0.2, 0.25) is 5.89 Å². The molecule has 0 saturated carbocycles. The van der Waals surface area contributed by atoms with Gasteiger partial charge in [0.05, 0.1) is 31.1 Å². The van der Waals surface area contributed by atoms with Crippen LogP contribution >= 0.6 is 0 Å². The Labute approximate surface area is 136 Å². The number of hydrogen-bond donors (Lipinski definition) is 1. The lowest BCUT2D eigenvalue weighted by atomic mass is 9.93. The highest BCUT2D eigenvalue weighted by atomic mass is 16.4. The summed E-state index contributed by atoms with van der Waals surface area (Å²) in [6, 6.07) is 0. The van der Waals surface area contributed by atoms with E-state index in [4.69, 9.17) is 4.42 Å². The minimum absolute atomic E-state index is 0.0407. The lowest BCUT2D eigenvalue weighted by Crippen LogP contribution is -2.50. The summed E-state index contributed by atoms with van der Waals surface area (Å²) in [4.78, 5) is 6.58. The van der Waals surface area contributed by atoms with Crippen LogP contribution in [0.15, 0.2) is 23.0 Å². The van der Waals surface area contributed by atoms with Crippen LogP contribution in [0.2, 0.25) is 0 Å². The van der Waals surface area contributed by atoms with Gasteiger partial charge in [-0.15, -0.1) is 5.10 Å². The molecule has 23 heavy (non-hydrogen) atoms. The summed E-state index contributed by atoms with van der Waals surface area (Å²) in [6.45, 7) is 8.92. The maximum atomic E-state index is 10.8. The fourth-order valence-corrected chi connectivity index (χ4v) is 3.01. The first-order valence-corrected chi connectivity index (χ1v) is 8.08. The first-order chi connectivity index (χ1) is 10.8. The fourth-order valence-electron chi connectivity index (χ4n) is 3.01.